The molecule has 4 heterocycles. The second kappa shape index (κ2) is 10.0. The number of nitrogens with one attached hydrogen (secondary N) is 1. The molecule has 0 aliphatic carbocycles. The van der Waals surface area contributed by atoms with Gasteiger partial charge in [0.15, 0.2) is 5.82 Å². The van der Waals surface area contributed by atoms with Gasteiger partial charge >= 0.3 is 15.5 Å². The molecular weight excluding hydrogens is 537 g/mol. The van der Waals surface area contributed by atoms with Crippen molar-refractivity contribution < 1.29 is 26.4 Å². The van der Waals surface area contributed by atoms with Crippen LogP contribution in [-0.4, -0.2) is 66.4 Å². The molecule has 1 aliphatic rings. The van der Waals surface area contributed by atoms with Crippen molar-refractivity contribution in [2.75, 3.05) is 13.1 Å². The molecule has 1 aromatic carbocycles. The zero-order valence-corrected chi connectivity index (χ0v) is 21.9. The fourth-order valence-electron chi connectivity index (χ4n) is 4.38. The number of hydrogen-bond donors (Lipinski definition) is 1. The van der Waals surface area contributed by atoms with E-state index in [0.717, 1.165) is 11.1 Å². The number of rotatable bonds is 7. The van der Waals surface area contributed by atoms with Gasteiger partial charge in [0, 0.05) is 31.0 Å². The smallest absolute Gasteiger partial charge is 0.350 e. The average molecular weight is 563 g/mol. The number of sulfonamides is 1. The molecule has 3 aromatic heterocycles. The van der Waals surface area contributed by atoms with E-state index >= 15 is 0 Å². The van der Waals surface area contributed by atoms with E-state index in [9.17, 15) is 26.4 Å². The highest BCUT2D eigenvalue weighted by atomic mass is 32.2. The molecule has 15 heteroatoms. The molecule has 0 spiro atoms. The number of aromatic nitrogens is 6. The van der Waals surface area contributed by atoms with Crippen LogP contribution >= 0.6 is 0 Å². The van der Waals surface area contributed by atoms with Gasteiger partial charge in [-0.1, -0.05) is 31.2 Å². The van der Waals surface area contributed by atoms with Crippen LogP contribution in [0.5, 0.6) is 0 Å². The van der Waals surface area contributed by atoms with Gasteiger partial charge in [0.05, 0.1) is 18.8 Å². The largest absolute Gasteiger partial charge is 0.511 e. The van der Waals surface area contributed by atoms with Gasteiger partial charge in [-0.25, -0.2) is 28.1 Å². The lowest BCUT2D eigenvalue weighted by molar-refractivity contribution is -0.0496. The first-order chi connectivity index (χ1) is 18.5. The highest BCUT2D eigenvalue weighted by molar-refractivity contribution is 7.89. The number of imidazole rings is 1. The van der Waals surface area contributed by atoms with Crippen molar-refractivity contribution in [1.82, 2.24) is 38.8 Å². The first-order valence-electron chi connectivity index (χ1n) is 12.2. The van der Waals surface area contributed by atoms with Gasteiger partial charge in [-0.15, -0.1) is 0 Å². The van der Waals surface area contributed by atoms with Crippen molar-refractivity contribution in [1.29, 1.82) is 0 Å². The van der Waals surface area contributed by atoms with Gasteiger partial charge in [-0.3, -0.25) is 9.20 Å². The molecule has 0 radical (unpaired) electrons. The minimum Gasteiger partial charge on any atom is -0.350 e. The summed E-state index contributed by atoms with van der Waals surface area (Å²) in [6, 6.07) is 7.25. The molecule has 4 aromatic rings. The summed E-state index contributed by atoms with van der Waals surface area (Å²) in [7, 11) is -5.44. The normalized spacial score (nSPS) is 14.5. The van der Waals surface area contributed by atoms with Crippen LogP contribution < -0.4 is 5.32 Å². The second-order valence-electron chi connectivity index (χ2n) is 9.12. The molecule has 0 saturated heterocycles. The van der Waals surface area contributed by atoms with Crippen molar-refractivity contribution in [3.63, 3.8) is 0 Å². The number of halogens is 3. The number of fused-ring (bicyclic) bond motifs is 2. The summed E-state index contributed by atoms with van der Waals surface area (Å²) < 4.78 is 65.7. The maximum atomic E-state index is 13.0. The predicted molar refractivity (Wildman–Crippen MR) is 134 cm³/mol. The van der Waals surface area contributed by atoms with Gasteiger partial charge in [0.1, 0.15) is 11.5 Å². The Morgan fingerprint density at radius 1 is 1.13 bits per heavy atom. The van der Waals surface area contributed by atoms with E-state index in [4.69, 9.17) is 0 Å². The van der Waals surface area contributed by atoms with Gasteiger partial charge in [0.2, 0.25) is 5.78 Å². The average Bonchev–Trinajstić information content (AvgIpc) is 3.49. The molecule has 1 N–H and O–H groups in total. The van der Waals surface area contributed by atoms with Crippen molar-refractivity contribution in [3.8, 4) is 11.4 Å². The molecule has 0 bridgehead atoms. The highest BCUT2D eigenvalue weighted by Crippen LogP contribution is 2.29. The minimum absolute atomic E-state index is 0.0305. The fourth-order valence-corrected chi connectivity index (χ4v) is 5.28. The number of amides is 1. The number of nitrogens with zero attached hydrogens (tertiary/aromatic N) is 7. The van der Waals surface area contributed by atoms with Gasteiger partial charge in [-0.2, -0.15) is 22.6 Å². The molecule has 11 nitrogen and oxygen atoms in total. The molecule has 0 saturated carbocycles. The van der Waals surface area contributed by atoms with Crippen molar-refractivity contribution in [2.45, 2.75) is 45.3 Å². The number of hydrogen-bond acceptors (Lipinski definition) is 7. The van der Waals surface area contributed by atoms with E-state index in [2.05, 4.69) is 25.4 Å². The minimum atomic E-state index is -5.44. The molecule has 5 rings (SSSR count). The van der Waals surface area contributed by atoms with Crippen LogP contribution in [0.15, 0.2) is 36.7 Å². The summed E-state index contributed by atoms with van der Waals surface area (Å²) in [4.78, 5) is 25.9. The molecule has 0 atom stereocenters. The Kier molecular flexibility index (Phi) is 6.88. The maximum Gasteiger partial charge on any atom is 0.511 e. The monoisotopic (exact) mass is 562 g/mol. The fraction of sp³-hybridized carbons (Fsp3) is 0.375. The first-order valence-corrected chi connectivity index (χ1v) is 13.6. The summed E-state index contributed by atoms with van der Waals surface area (Å²) in [5, 5.41) is 7.26. The van der Waals surface area contributed by atoms with Crippen LogP contribution in [0.1, 0.15) is 40.1 Å². The Labute approximate surface area is 221 Å². The molecule has 1 aliphatic heterocycles. The van der Waals surface area contributed by atoms with E-state index < -0.39 is 22.1 Å². The van der Waals surface area contributed by atoms with Crippen LogP contribution in [0.25, 0.3) is 17.2 Å². The lowest BCUT2D eigenvalue weighted by atomic mass is 10.1. The Bertz CT molecular complexity index is 1650. The Morgan fingerprint density at radius 2 is 1.87 bits per heavy atom. The van der Waals surface area contributed by atoms with Crippen LogP contribution in [-0.2, 0) is 36.0 Å². The number of alkyl halides is 3. The second-order valence-corrected chi connectivity index (χ2v) is 11.1. The summed E-state index contributed by atoms with van der Waals surface area (Å²) >= 11 is 0. The Balaban J connectivity index is 1.23. The van der Waals surface area contributed by atoms with Crippen LogP contribution in [0.4, 0.5) is 13.2 Å². The number of aryl methyl sites for hydroxylation is 2. The number of carbonyl (C=O) groups excluding carboxylic acids is 1. The third-order valence-electron chi connectivity index (χ3n) is 6.40. The van der Waals surface area contributed by atoms with Crippen LogP contribution in [0.3, 0.4) is 0 Å². The summed E-state index contributed by atoms with van der Waals surface area (Å²) in [5.74, 6) is 0.667. The third-order valence-corrected chi connectivity index (χ3v) is 7.98. The number of benzene rings is 1. The molecule has 0 unspecified atom stereocenters. The van der Waals surface area contributed by atoms with Crippen LogP contribution in [0.2, 0.25) is 0 Å². The van der Waals surface area contributed by atoms with E-state index in [1.165, 1.54) is 4.68 Å². The van der Waals surface area contributed by atoms with E-state index in [1.807, 2.05) is 32.2 Å². The zero-order chi connectivity index (χ0) is 27.9. The Morgan fingerprint density at radius 3 is 2.56 bits per heavy atom. The predicted octanol–water partition coefficient (Wildman–Crippen LogP) is 2.50. The summed E-state index contributed by atoms with van der Waals surface area (Å²) in [5.41, 5.74) is -1.74. The quantitative estimate of drug-likeness (QED) is 0.367. The standard InChI is InChI=1S/C24H25F3N8O3S/c1-3-18-20(34-13-15(2)12-29-23(34)30-18)22(36)28-9-8-16-4-6-17(7-5-16)21-31-19-14-33(10-11-35(19)32-21)39(37,38)24(25,26)27/h4-7,12-13H,3,8-11,14H2,1-2H3,(H,28,36). The molecular formula is C24H25F3N8O3S. The van der Waals surface area contributed by atoms with Crippen molar-refractivity contribution in [2.24, 2.45) is 0 Å². The van der Waals surface area contributed by atoms with E-state index in [0.29, 0.717) is 52.2 Å². The summed E-state index contributed by atoms with van der Waals surface area (Å²) in [6.45, 7) is 3.33. The Hall–Kier alpha value is -3.85. The SMILES string of the molecule is CCc1nc2ncc(C)cn2c1C(=O)NCCc1ccc(-c2nc3n(n2)CCN(S(=O)(=O)C(F)(F)F)C3)cc1. The first kappa shape index (κ1) is 26.7. The molecule has 0 fully saturated rings. The maximum absolute atomic E-state index is 13.0. The van der Waals surface area contributed by atoms with E-state index in [-0.39, 0.29) is 24.8 Å². The lowest BCUT2D eigenvalue weighted by Crippen LogP contribution is -2.44. The molecule has 39 heavy (non-hydrogen) atoms. The molecule has 206 valence electrons. The summed E-state index contributed by atoms with van der Waals surface area (Å²) in [6.07, 6.45) is 4.68. The van der Waals surface area contributed by atoms with Crippen molar-refractivity contribution in [3.05, 3.63) is 65.0 Å². The highest BCUT2D eigenvalue weighted by Gasteiger charge is 2.50. The number of carbonyl (C=O) groups is 1. The van der Waals surface area contributed by atoms with Crippen molar-refractivity contribution >= 4 is 21.7 Å². The van der Waals surface area contributed by atoms with Gasteiger partial charge < -0.3 is 5.32 Å². The lowest BCUT2D eigenvalue weighted by Gasteiger charge is -2.26. The molecule has 1 amide bonds. The third kappa shape index (κ3) is 5.11. The van der Waals surface area contributed by atoms with Gasteiger partial charge in [0.25, 0.3) is 5.91 Å². The zero-order valence-electron chi connectivity index (χ0n) is 21.1. The van der Waals surface area contributed by atoms with E-state index in [1.54, 1.807) is 22.7 Å². The topological polar surface area (TPSA) is 127 Å². The van der Waals surface area contributed by atoms with Gasteiger partial charge in [-0.05, 0) is 30.9 Å². The van der Waals surface area contributed by atoms with Crippen LogP contribution in [0, 0.1) is 6.92 Å².